The number of nitrogen functional groups attached to an aromatic ring is 1. The number of aryl methyl sites for hydroxylation is 2. The number of hydrazine groups is 1. The van der Waals surface area contributed by atoms with E-state index in [-0.39, 0.29) is 0 Å². The van der Waals surface area contributed by atoms with E-state index in [4.69, 9.17) is 10.6 Å². The van der Waals surface area contributed by atoms with Gasteiger partial charge >= 0.3 is 0 Å². The van der Waals surface area contributed by atoms with E-state index in [1.54, 1.807) is 13.2 Å². The number of hydrogen-bond donors (Lipinski definition) is 2. The molecule has 0 radical (unpaired) electrons. The maximum Gasteiger partial charge on any atom is 0.161 e. The van der Waals surface area contributed by atoms with Crippen LogP contribution in [0.15, 0.2) is 24.3 Å². The molecule has 3 N–H and O–H groups in total. The van der Waals surface area contributed by atoms with Crippen molar-refractivity contribution in [2.24, 2.45) is 5.84 Å². The minimum absolute atomic E-state index is 0.603. The Labute approximate surface area is 106 Å². The van der Waals surface area contributed by atoms with Gasteiger partial charge in [0, 0.05) is 17.3 Å². The highest BCUT2D eigenvalue weighted by atomic mass is 16.5. The molecule has 1 aromatic heterocycles. The molecule has 0 saturated heterocycles. The Morgan fingerprint density at radius 3 is 2.56 bits per heavy atom. The zero-order valence-electron chi connectivity index (χ0n) is 10.7. The van der Waals surface area contributed by atoms with E-state index in [1.165, 1.54) is 0 Å². The second-order valence-electron chi connectivity index (χ2n) is 4.05. The smallest absolute Gasteiger partial charge is 0.161 e. The average Bonchev–Trinajstić information content (AvgIpc) is 2.37. The largest absolute Gasteiger partial charge is 0.496 e. The lowest BCUT2D eigenvalue weighted by atomic mass is 10.1. The number of nitrogens with two attached hydrogens (primary N) is 1. The number of aromatic nitrogens is 2. The fraction of sp³-hybridized carbons (Fsp3) is 0.231. The lowest BCUT2D eigenvalue weighted by molar-refractivity contribution is 0.412. The van der Waals surface area contributed by atoms with Crippen LogP contribution in [-0.4, -0.2) is 17.1 Å². The second kappa shape index (κ2) is 5.01. The highest BCUT2D eigenvalue weighted by molar-refractivity contribution is 5.60. The highest BCUT2D eigenvalue weighted by Crippen LogP contribution is 2.24. The number of rotatable bonds is 3. The van der Waals surface area contributed by atoms with Crippen molar-refractivity contribution >= 4 is 5.82 Å². The molecule has 2 rings (SSSR count). The molecule has 0 aliphatic heterocycles. The topological polar surface area (TPSA) is 73.1 Å². The van der Waals surface area contributed by atoms with Gasteiger partial charge in [-0.3, -0.25) is 0 Å². The van der Waals surface area contributed by atoms with Crippen LogP contribution in [0.25, 0.3) is 11.4 Å². The third kappa shape index (κ3) is 2.41. The third-order valence-electron chi connectivity index (χ3n) is 2.66. The number of benzene rings is 1. The monoisotopic (exact) mass is 244 g/mol. The molecular weight excluding hydrogens is 228 g/mol. The van der Waals surface area contributed by atoms with Crippen molar-refractivity contribution in [1.82, 2.24) is 9.97 Å². The van der Waals surface area contributed by atoms with E-state index in [0.717, 1.165) is 22.6 Å². The summed E-state index contributed by atoms with van der Waals surface area (Å²) in [5, 5.41) is 0. The van der Waals surface area contributed by atoms with Crippen LogP contribution in [-0.2, 0) is 0 Å². The second-order valence-corrected chi connectivity index (χ2v) is 4.05. The van der Waals surface area contributed by atoms with Crippen molar-refractivity contribution in [3.05, 3.63) is 35.5 Å². The Balaban J connectivity index is 2.48. The van der Waals surface area contributed by atoms with E-state index in [0.29, 0.717) is 11.6 Å². The van der Waals surface area contributed by atoms with E-state index < -0.39 is 0 Å². The van der Waals surface area contributed by atoms with Gasteiger partial charge in [0.2, 0.25) is 0 Å². The molecule has 0 spiro atoms. The normalized spacial score (nSPS) is 10.2. The van der Waals surface area contributed by atoms with Gasteiger partial charge in [0.15, 0.2) is 5.82 Å². The molecule has 94 valence electrons. The number of nitrogens with zero attached hydrogens (tertiary/aromatic N) is 2. The summed E-state index contributed by atoms with van der Waals surface area (Å²) in [5.74, 6) is 7.48. The summed E-state index contributed by atoms with van der Waals surface area (Å²) in [6.07, 6.45) is 0. The predicted molar refractivity (Wildman–Crippen MR) is 71.3 cm³/mol. The van der Waals surface area contributed by atoms with Crippen molar-refractivity contribution in [2.75, 3.05) is 12.5 Å². The molecule has 0 amide bonds. The molecule has 0 aliphatic carbocycles. The first-order valence-electron chi connectivity index (χ1n) is 5.61. The summed E-state index contributed by atoms with van der Waals surface area (Å²) in [6.45, 7) is 3.89. The Hall–Kier alpha value is -2.14. The fourth-order valence-corrected chi connectivity index (χ4v) is 1.79. The minimum Gasteiger partial charge on any atom is -0.496 e. The van der Waals surface area contributed by atoms with Crippen molar-refractivity contribution in [3.8, 4) is 17.1 Å². The van der Waals surface area contributed by atoms with Crippen molar-refractivity contribution in [3.63, 3.8) is 0 Å². The summed E-state index contributed by atoms with van der Waals surface area (Å²) in [5.41, 5.74) is 5.38. The highest BCUT2D eigenvalue weighted by Gasteiger charge is 2.07. The van der Waals surface area contributed by atoms with Gasteiger partial charge in [-0.2, -0.15) is 0 Å². The molecule has 0 fully saturated rings. The Bertz CT molecular complexity index is 569. The van der Waals surface area contributed by atoms with Gasteiger partial charge < -0.3 is 10.2 Å². The zero-order chi connectivity index (χ0) is 13.1. The Kier molecular flexibility index (Phi) is 3.43. The van der Waals surface area contributed by atoms with Gasteiger partial charge in [-0.15, -0.1) is 0 Å². The third-order valence-corrected chi connectivity index (χ3v) is 2.66. The van der Waals surface area contributed by atoms with Crippen LogP contribution in [0, 0.1) is 13.8 Å². The van der Waals surface area contributed by atoms with Gasteiger partial charge in [0.05, 0.1) is 7.11 Å². The number of methoxy groups -OCH3 is 1. The van der Waals surface area contributed by atoms with Gasteiger partial charge in [0.1, 0.15) is 11.6 Å². The van der Waals surface area contributed by atoms with Crippen LogP contribution in [0.2, 0.25) is 0 Å². The average molecular weight is 244 g/mol. The number of hydrogen-bond acceptors (Lipinski definition) is 5. The SMILES string of the molecule is COc1ccc(-c2nc(C)cc(NN)n2)cc1C. The lowest BCUT2D eigenvalue weighted by Crippen LogP contribution is -2.10. The molecule has 2 aromatic rings. The zero-order valence-corrected chi connectivity index (χ0v) is 10.7. The van der Waals surface area contributed by atoms with E-state index in [2.05, 4.69) is 15.4 Å². The quantitative estimate of drug-likeness (QED) is 0.638. The lowest BCUT2D eigenvalue weighted by Gasteiger charge is -2.08. The Morgan fingerprint density at radius 1 is 1.17 bits per heavy atom. The molecule has 0 bridgehead atoms. The van der Waals surface area contributed by atoms with E-state index in [1.807, 2.05) is 32.0 Å². The molecular formula is C13H16N4O. The molecule has 0 saturated carbocycles. The van der Waals surface area contributed by atoms with Gasteiger partial charge in [-0.25, -0.2) is 15.8 Å². The van der Waals surface area contributed by atoms with Crippen LogP contribution < -0.4 is 16.0 Å². The number of anilines is 1. The molecule has 1 heterocycles. The first kappa shape index (κ1) is 12.3. The van der Waals surface area contributed by atoms with Crippen LogP contribution in [0.3, 0.4) is 0 Å². The van der Waals surface area contributed by atoms with E-state index >= 15 is 0 Å². The molecule has 0 aliphatic rings. The summed E-state index contributed by atoms with van der Waals surface area (Å²) in [6, 6.07) is 7.63. The van der Waals surface area contributed by atoms with Gasteiger partial charge in [0.25, 0.3) is 0 Å². The number of nitrogens with one attached hydrogen (secondary N) is 1. The maximum atomic E-state index is 5.38. The molecule has 5 nitrogen and oxygen atoms in total. The molecule has 0 unspecified atom stereocenters. The summed E-state index contributed by atoms with van der Waals surface area (Å²) < 4.78 is 5.23. The fourth-order valence-electron chi connectivity index (χ4n) is 1.79. The predicted octanol–water partition coefficient (Wildman–Crippen LogP) is 2.05. The minimum atomic E-state index is 0.603. The van der Waals surface area contributed by atoms with Gasteiger partial charge in [-0.05, 0) is 37.6 Å². The molecule has 0 atom stereocenters. The standard InChI is InChI=1S/C13H16N4O/c1-8-6-10(4-5-11(8)18-3)13-15-9(2)7-12(16-13)17-14/h4-7H,14H2,1-3H3,(H,15,16,17). The van der Waals surface area contributed by atoms with Crippen LogP contribution in [0.4, 0.5) is 5.82 Å². The summed E-state index contributed by atoms with van der Waals surface area (Å²) in [7, 11) is 1.65. The van der Waals surface area contributed by atoms with Crippen LogP contribution in [0.1, 0.15) is 11.3 Å². The van der Waals surface area contributed by atoms with Crippen molar-refractivity contribution < 1.29 is 4.74 Å². The molecule has 18 heavy (non-hydrogen) atoms. The summed E-state index contributed by atoms with van der Waals surface area (Å²) in [4.78, 5) is 8.73. The van der Waals surface area contributed by atoms with Crippen molar-refractivity contribution in [2.45, 2.75) is 13.8 Å². The first-order valence-corrected chi connectivity index (χ1v) is 5.61. The maximum absolute atomic E-state index is 5.38. The van der Waals surface area contributed by atoms with Crippen LogP contribution in [0.5, 0.6) is 5.75 Å². The first-order chi connectivity index (χ1) is 8.63. The van der Waals surface area contributed by atoms with E-state index in [9.17, 15) is 0 Å². The summed E-state index contributed by atoms with van der Waals surface area (Å²) >= 11 is 0. The van der Waals surface area contributed by atoms with Crippen LogP contribution >= 0.6 is 0 Å². The van der Waals surface area contributed by atoms with Gasteiger partial charge in [-0.1, -0.05) is 0 Å². The Morgan fingerprint density at radius 2 is 1.94 bits per heavy atom. The molecule has 5 heteroatoms. The molecule has 1 aromatic carbocycles. The number of ether oxygens (including phenoxy) is 1. The van der Waals surface area contributed by atoms with Crippen molar-refractivity contribution in [1.29, 1.82) is 0 Å².